The van der Waals surface area contributed by atoms with Crippen LogP contribution in [-0.2, 0) is 0 Å². The van der Waals surface area contributed by atoms with E-state index in [-0.39, 0.29) is 0 Å². The predicted molar refractivity (Wildman–Crippen MR) is 119 cm³/mol. The summed E-state index contributed by atoms with van der Waals surface area (Å²) in [6.07, 6.45) is 1.95. The number of rotatable bonds is 3. The average Bonchev–Trinajstić information content (AvgIpc) is 3.10. The maximum absolute atomic E-state index is 6.07. The van der Waals surface area contributed by atoms with Crippen molar-refractivity contribution in [2.45, 2.75) is 6.92 Å². The summed E-state index contributed by atoms with van der Waals surface area (Å²) < 4.78 is 6.07. The van der Waals surface area contributed by atoms with Gasteiger partial charge in [0.1, 0.15) is 11.3 Å². The highest BCUT2D eigenvalue weighted by molar-refractivity contribution is 5.94. The topological polar surface area (TPSA) is 32.5 Å². The lowest BCUT2D eigenvalue weighted by Crippen LogP contribution is -2.44. The molecule has 1 saturated heterocycles. The summed E-state index contributed by atoms with van der Waals surface area (Å²) >= 11 is 0. The molecule has 5 rings (SSSR count). The van der Waals surface area contributed by atoms with Crippen molar-refractivity contribution in [2.24, 2.45) is 0 Å². The van der Waals surface area contributed by atoms with Crippen LogP contribution in [0.2, 0.25) is 0 Å². The Bertz CT molecular complexity index is 1120. The molecule has 4 aromatic rings. The van der Waals surface area contributed by atoms with Gasteiger partial charge in [-0.1, -0.05) is 42.5 Å². The van der Waals surface area contributed by atoms with Gasteiger partial charge in [-0.15, -0.1) is 0 Å². The van der Waals surface area contributed by atoms with Gasteiger partial charge in [-0.2, -0.15) is 0 Å². The second kappa shape index (κ2) is 7.37. The van der Waals surface area contributed by atoms with Gasteiger partial charge in [0.2, 0.25) is 0 Å². The van der Waals surface area contributed by atoms with Crippen molar-refractivity contribution in [3.63, 3.8) is 0 Å². The minimum Gasteiger partial charge on any atom is -0.459 e. The molecule has 2 aromatic carbocycles. The fourth-order valence-corrected chi connectivity index (χ4v) is 4.12. The Morgan fingerprint density at radius 3 is 2.28 bits per heavy atom. The third-order valence-electron chi connectivity index (χ3n) is 5.84. The van der Waals surface area contributed by atoms with E-state index in [9.17, 15) is 0 Å². The molecule has 4 heteroatoms. The Kier molecular flexibility index (Phi) is 4.57. The van der Waals surface area contributed by atoms with Gasteiger partial charge in [0, 0.05) is 49.2 Å². The van der Waals surface area contributed by atoms with Crippen LogP contribution in [-0.4, -0.2) is 43.1 Å². The molecule has 0 unspecified atom stereocenters. The third-order valence-corrected chi connectivity index (χ3v) is 5.84. The maximum atomic E-state index is 6.07. The lowest BCUT2D eigenvalue weighted by atomic mass is 10.0. The minimum atomic E-state index is 0.835. The van der Waals surface area contributed by atoms with E-state index >= 15 is 0 Å². The molecular formula is C25H25N3O. The van der Waals surface area contributed by atoms with E-state index in [1.807, 2.05) is 31.3 Å². The molecule has 29 heavy (non-hydrogen) atoms. The van der Waals surface area contributed by atoms with Crippen molar-refractivity contribution >= 4 is 16.8 Å². The van der Waals surface area contributed by atoms with Crippen LogP contribution in [0.25, 0.3) is 33.4 Å². The second-order valence-electron chi connectivity index (χ2n) is 7.81. The van der Waals surface area contributed by atoms with Gasteiger partial charge in [-0.05, 0) is 43.3 Å². The number of fused-ring (bicyclic) bond motifs is 1. The van der Waals surface area contributed by atoms with E-state index in [1.165, 1.54) is 5.69 Å². The molecule has 1 aliphatic rings. The summed E-state index contributed by atoms with van der Waals surface area (Å²) in [5, 5.41) is 0. The van der Waals surface area contributed by atoms with Crippen molar-refractivity contribution in [2.75, 3.05) is 38.1 Å². The summed E-state index contributed by atoms with van der Waals surface area (Å²) in [5.41, 5.74) is 7.51. The van der Waals surface area contributed by atoms with Gasteiger partial charge in [-0.25, -0.2) is 0 Å². The van der Waals surface area contributed by atoms with Crippen molar-refractivity contribution in [1.29, 1.82) is 0 Å². The van der Waals surface area contributed by atoms with Crippen LogP contribution in [0.4, 0.5) is 5.69 Å². The van der Waals surface area contributed by atoms with E-state index in [2.05, 4.69) is 59.3 Å². The largest absolute Gasteiger partial charge is 0.459 e. The fraction of sp³-hybridized carbons (Fsp3) is 0.240. The average molecular weight is 383 g/mol. The van der Waals surface area contributed by atoms with Crippen LogP contribution in [0.1, 0.15) is 5.76 Å². The number of furan rings is 1. The monoisotopic (exact) mass is 383 g/mol. The number of hydrogen-bond donors (Lipinski definition) is 0. The van der Waals surface area contributed by atoms with E-state index in [1.54, 1.807) is 0 Å². The van der Waals surface area contributed by atoms with Crippen LogP contribution in [0.3, 0.4) is 0 Å². The number of likely N-dealkylation sites (N-methyl/N-ethyl adjacent to an activating group) is 1. The highest BCUT2D eigenvalue weighted by atomic mass is 16.3. The molecule has 3 heterocycles. The van der Waals surface area contributed by atoms with Gasteiger partial charge < -0.3 is 14.2 Å². The van der Waals surface area contributed by atoms with Crippen molar-refractivity contribution in [3.8, 4) is 22.3 Å². The van der Waals surface area contributed by atoms with Crippen LogP contribution < -0.4 is 4.90 Å². The third kappa shape index (κ3) is 3.40. The molecule has 2 aromatic heterocycles. The first-order valence-electron chi connectivity index (χ1n) is 10.2. The van der Waals surface area contributed by atoms with Crippen molar-refractivity contribution in [3.05, 3.63) is 72.6 Å². The Balaban J connectivity index is 1.45. The first-order chi connectivity index (χ1) is 14.2. The zero-order valence-corrected chi connectivity index (χ0v) is 16.9. The molecule has 146 valence electrons. The number of hydrogen-bond acceptors (Lipinski definition) is 4. The van der Waals surface area contributed by atoms with Gasteiger partial charge in [0.25, 0.3) is 0 Å². The number of anilines is 1. The molecule has 0 amide bonds. The lowest BCUT2D eigenvalue weighted by molar-refractivity contribution is 0.313. The lowest BCUT2D eigenvalue weighted by Gasteiger charge is -2.34. The summed E-state index contributed by atoms with van der Waals surface area (Å²) in [6.45, 7) is 6.40. The standard InChI is InChI=1S/C25H25N3O/c1-18-24(20-6-4-3-5-7-20)25-23(29-18)16-21(17-26-25)19-8-10-22(11-9-19)28-14-12-27(2)13-15-28/h3-11,16-17H,12-15H2,1-2H3. The number of benzene rings is 2. The first kappa shape index (κ1) is 18.0. The summed E-state index contributed by atoms with van der Waals surface area (Å²) in [4.78, 5) is 9.59. The zero-order chi connectivity index (χ0) is 19.8. The van der Waals surface area contributed by atoms with Gasteiger partial charge >= 0.3 is 0 Å². The Morgan fingerprint density at radius 2 is 1.55 bits per heavy atom. The van der Waals surface area contributed by atoms with Crippen LogP contribution in [0, 0.1) is 6.92 Å². The molecule has 4 nitrogen and oxygen atoms in total. The number of piperazine rings is 1. The molecule has 0 N–H and O–H groups in total. The van der Waals surface area contributed by atoms with Crippen molar-refractivity contribution < 1.29 is 4.42 Å². The van der Waals surface area contributed by atoms with Gasteiger partial charge in [0.05, 0.1) is 0 Å². The summed E-state index contributed by atoms with van der Waals surface area (Å²) in [5.74, 6) is 0.904. The number of aryl methyl sites for hydroxylation is 1. The van der Waals surface area contributed by atoms with E-state index in [0.29, 0.717) is 0 Å². The summed E-state index contributed by atoms with van der Waals surface area (Å²) in [6, 6.07) is 21.2. The normalized spacial score (nSPS) is 15.2. The number of nitrogens with zero attached hydrogens (tertiary/aromatic N) is 3. The van der Waals surface area contributed by atoms with Gasteiger partial charge in [-0.3, -0.25) is 4.98 Å². The van der Waals surface area contributed by atoms with Crippen molar-refractivity contribution in [1.82, 2.24) is 9.88 Å². The van der Waals surface area contributed by atoms with Gasteiger partial charge in [0.15, 0.2) is 5.58 Å². The molecule has 0 bridgehead atoms. The van der Waals surface area contributed by atoms with Crippen LogP contribution in [0.5, 0.6) is 0 Å². The fourth-order valence-electron chi connectivity index (χ4n) is 4.12. The minimum absolute atomic E-state index is 0.835. The molecular weight excluding hydrogens is 358 g/mol. The molecule has 0 saturated carbocycles. The zero-order valence-electron chi connectivity index (χ0n) is 16.9. The van der Waals surface area contributed by atoms with E-state index in [0.717, 1.165) is 65.3 Å². The van der Waals surface area contributed by atoms with Crippen LogP contribution in [0.15, 0.2) is 71.3 Å². The Morgan fingerprint density at radius 1 is 0.828 bits per heavy atom. The SMILES string of the molecule is Cc1oc2cc(-c3ccc(N4CCN(C)CC4)cc3)cnc2c1-c1ccccc1. The van der Waals surface area contributed by atoms with E-state index in [4.69, 9.17) is 9.40 Å². The molecule has 0 atom stereocenters. The highest BCUT2D eigenvalue weighted by Gasteiger charge is 2.16. The highest BCUT2D eigenvalue weighted by Crippen LogP contribution is 2.35. The Hall–Kier alpha value is -3.11. The van der Waals surface area contributed by atoms with E-state index < -0.39 is 0 Å². The molecule has 1 fully saturated rings. The molecule has 0 radical (unpaired) electrons. The molecule has 0 aliphatic carbocycles. The quantitative estimate of drug-likeness (QED) is 0.485. The molecule has 1 aliphatic heterocycles. The second-order valence-corrected chi connectivity index (χ2v) is 7.81. The Labute approximate surface area is 171 Å². The van der Waals surface area contributed by atoms with Crippen LogP contribution >= 0.6 is 0 Å². The predicted octanol–water partition coefficient (Wildman–Crippen LogP) is 5.22. The molecule has 0 spiro atoms. The maximum Gasteiger partial charge on any atom is 0.153 e. The number of aromatic nitrogens is 1. The number of pyridine rings is 1. The smallest absolute Gasteiger partial charge is 0.153 e. The first-order valence-corrected chi connectivity index (χ1v) is 10.2. The summed E-state index contributed by atoms with van der Waals surface area (Å²) in [7, 11) is 2.18.